The van der Waals surface area contributed by atoms with Gasteiger partial charge in [-0.3, -0.25) is 0 Å². The summed E-state index contributed by atoms with van der Waals surface area (Å²) in [5.41, 5.74) is 1.23. The number of hydrogen-bond acceptors (Lipinski definition) is 1. The molecule has 0 amide bonds. The van der Waals surface area contributed by atoms with Crippen LogP contribution >= 0.6 is 0 Å². The van der Waals surface area contributed by atoms with Crippen LogP contribution in [0.3, 0.4) is 0 Å². The Morgan fingerprint density at radius 1 is 1.50 bits per heavy atom. The van der Waals surface area contributed by atoms with E-state index in [1.165, 1.54) is 6.07 Å². The van der Waals surface area contributed by atoms with Gasteiger partial charge in [0, 0.05) is 5.39 Å². The molecular formula is C9H5FN2. The molecule has 2 aromatic heterocycles. The van der Waals surface area contributed by atoms with Crippen molar-refractivity contribution >= 4 is 11.0 Å². The van der Waals surface area contributed by atoms with Crippen LogP contribution in [0.25, 0.3) is 11.0 Å². The van der Waals surface area contributed by atoms with E-state index < -0.39 is 0 Å². The molecule has 2 nitrogen and oxygen atoms in total. The van der Waals surface area contributed by atoms with Crippen molar-refractivity contribution in [2.75, 3.05) is 0 Å². The van der Waals surface area contributed by atoms with E-state index in [2.05, 4.69) is 15.9 Å². The minimum absolute atomic E-state index is 0.356. The van der Waals surface area contributed by atoms with Crippen LogP contribution in [0.5, 0.6) is 0 Å². The molecule has 3 heteroatoms. The van der Waals surface area contributed by atoms with E-state index in [1.54, 1.807) is 6.07 Å². The molecule has 0 unspecified atom stereocenters. The van der Waals surface area contributed by atoms with Crippen molar-refractivity contribution in [3.05, 3.63) is 29.8 Å². The Hall–Kier alpha value is -1.82. The van der Waals surface area contributed by atoms with Crippen molar-refractivity contribution < 1.29 is 4.39 Å². The Morgan fingerprint density at radius 2 is 2.33 bits per heavy atom. The van der Waals surface area contributed by atoms with Crippen molar-refractivity contribution in [2.45, 2.75) is 0 Å². The molecule has 2 aromatic rings. The molecule has 0 bridgehead atoms. The fraction of sp³-hybridized carbons (Fsp3) is 0. The zero-order valence-corrected chi connectivity index (χ0v) is 6.13. The molecule has 0 radical (unpaired) electrons. The summed E-state index contributed by atoms with van der Waals surface area (Å²) in [6, 6.07) is 3.07. The van der Waals surface area contributed by atoms with Gasteiger partial charge in [-0.15, -0.1) is 6.42 Å². The molecule has 0 saturated carbocycles. The predicted molar refractivity (Wildman–Crippen MR) is 44.0 cm³/mol. The van der Waals surface area contributed by atoms with Crippen LogP contribution < -0.4 is 0 Å². The van der Waals surface area contributed by atoms with E-state index in [-0.39, 0.29) is 5.82 Å². The number of pyridine rings is 1. The number of fused-ring (bicyclic) bond motifs is 1. The van der Waals surface area contributed by atoms with E-state index >= 15 is 0 Å². The molecule has 0 aliphatic heterocycles. The van der Waals surface area contributed by atoms with E-state index in [1.807, 2.05) is 0 Å². The standard InChI is InChI=1S/C9H5FN2/c1-2-8-4-6-3-7(10)5-11-9(6)12-8/h1,3-5H,(H,11,12). The lowest BCUT2D eigenvalue weighted by Gasteiger charge is -1.86. The minimum Gasteiger partial charge on any atom is -0.333 e. The highest BCUT2D eigenvalue weighted by Gasteiger charge is 2.00. The van der Waals surface area contributed by atoms with Crippen molar-refractivity contribution in [1.82, 2.24) is 9.97 Å². The third-order valence-corrected chi connectivity index (χ3v) is 1.59. The number of H-pyrrole nitrogens is 1. The van der Waals surface area contributed by atoms with Gasteiger partial charge >= 0.3 is 0 Å². The molecular weight excluding hydrogens is 155 g/mol. The molecule has 58 valence electrons. The van der Waals surface area contributed by atoms with E-state index in [9.17, 15) is 4.39 Å². The lowest BCUT2D eigenvalue weighted by Crippen LogP contribution is -1.78. The number of hydrogen-bond donors (Lipinski definition) is 1. The number of rotatable bonds is 0. The van der Waals surface area contributed by atoms with Crippen LogP contribution in [0.1, 0.15) is 5.69 Å². The summed E-state index contributed by atoms with van der Waals surface area (Å²) in [7, 11) is 0. The summed E-state index contributed by atoms with van der Waals surface area (Å²) in [4.78, 5) is 6.68. The van der Waals surface area contributed by atoms with E-state index in [4.69, 9.17) is 6.42 Å². The van der Waals surface area contributed by atoms with Crippen molar-refractivity contribution in [3.63, 3.8) is 0 Å². The van der Waals surface area contributed by atoms with Gasteiger partial charge in [0.2, 0.25) is 0 Å². The quantitative estimate of drug-likeness (QED) is 0.583. The zero-order chi connectivity index (χ0) is 8.55. The normalized spacial score (nSPS) is 10.0. The summed E-state index contributed by atoms with van der Waals surface area (Å²) in [6.45, 7) is 0. The van der Waals surface area contributed by atoms with E-state index in [0.717, 1.165) is 6.20 Å². The highest BCUT2D eigenvalue weighted by atomic mass is 19.1. The third-order valence-electron chi connectivity index (χ3n) is 1.59. The monoisotopic (exact) mass is 160 g/mol. The summed E-state index contributed by atoms with van der Waals surface area (Å²) in [6.07, 6.45) is 6.30. The second-order valence-electron chi connectivity index (χ2n) is 2.42. The summed E-state index contributed by atoms with van der Waals surface area (Å²) < 4.78 is 12.6. The second kappa shape index (κ2) is 2.35. The zero-order valence-electron chi connectivity index (χ0n) is 6.13. The number of terminal acetylenes is 1. The van der Waals surface area contributed by atoms with E-state index in [0.29, 0.717) is 16.7 Å². The number of nitrogens with one attached hydrogen (secondary N) is 1. The average molecular weight is 160 g/mol. The first-order valence-corrected chi connectivity index (χ1v) is 3.40. The predicted octanol–water partition coefficient (Wildman–Crippen LogP) is 1.68. The van der Waals surface area contributed by atoms with Gasteiger partial charge in [0.05, 0.1) is 11.9 Å². The number of nitrogens with zero attached hydrogens (tertiary/aromatic N) is 1. The Morgan fingerprint density at radius 3 is 3.08 bits per heavy atom. The van der Waals surface area contributed by atoms with Gasteiger partial charge in [-0.25, -0.2) is 9.37 Å². The molecule has 0 aliphatic carbocycles. The van der Waals surface area contributed by atoms with Crippen LogP contribution in [-0.4, -0.2) is 9.97 Å². The highest BCUT2D eigenvalue weighted by molar-refractivity contribution is 5.77. The van der Waals surface area contributed by atoms with Crippen LogP contribution in [0.15, 0.2) is 18.3 Å². The minimum atomic E-state index is -0.356. The smallest absolute Gasteiger partial charge is 0.142 e. The van der Waals surface area contributed by atoms with Gasteiger partial charge in [-0.2, -0.15) is 0 Å². The summed E-state index contributed by atoms with van der Waals surface area (Å²) in [5.74, 6) is 2.06. The molecule has 1 N–H and O–H groups in total. The Labute approximate surface area is 68.4 Å². The topological polar surface area (TPSA) is 28.7 Å². The molecule has 0 aromatic carbocycles. The maximum Gasteiger partial charge on any atom is 0.142 e. The molecule has 12 heavy (non-hydrogen) atoms. The van der Waals surface area contributed by atoms with Crippen LogP contribution in [0, 0.1) is 18.2 Å². The fourth-order valence-electron chi connectivity index (χ4n) is 1.07. The summed E-state index contributed by atoms with van der Waals surface area (Å²) in [5, 5.41) is 0.697. The summed E-state index contributed by atoms with van der Waals surface area (Å²) >= 11 is 0. The van der Waals surface area contributed by atoms with Crippen molar-refractivity contribution in [3.8, 4) is 12.3 Å². The average Bonchev–Trinajstić information content (AvgIpc) is 2.46. The van der Waals surface area contributed by atoms with Crippen molar-refractivity contribution in [2.24, 2.45) is 0 Å². The Bertz CT molecular complexity index is 465. The van der Waals surface area contributed by atoms with Gasteiger partial charge in [0.15, 0.2) is 0 Å². The van der Waals surface area contributed by atoms with Gasteiger partial charge in [-0.1, -0.05) is 5.92 Å². The third kappa shape index (κ3) is 0.940. The Kier molecular flexibility index (Phi) is 1.34. The number of halogens is 1. The lowest BCUT2D eigenvalue weighted by atomic mass is 10.3. The highest BCUT2D eigenvalue weighted by Crippen LogP contribution is 2.12. The SMILES string of the molecule is C#Cc1cc2cc(F)cnc2[nH]1. The molecule has 2 rings (SSSR count). The molecule has 0 aliphatic rings. The van der Waals surface area contributed by atoms with Crippen LogP contribution in [0.2, 0.25) is 0 Å². The maximum absolute atomic E-state index is 12.6. The van der Waals surface area contributed by atoms with Gasteiger partial charge < -0.3 is 4.98 Å². The van der Waals surface area contributed by atoms with Gasteiger partial charge in [0.1, 0.15) is 11.5 Å². The van der Waals surface area contributed by atoms with Crippen molar-refractivity contribution in [1.29, 1.82) is 0 Å². The first kappa shape index (κ1) is 6.86. The van der Waals surface area contributed by atoms with Gasteiger partial charge in [-0.05, 0) is 12.1 Å². The molecule has 0 saturated heterocycles. The molecule has 0 fully saturated rings. The Balaban J connectivity index is 2.77. The number of aromatic amines is 1. The van der Waals surface area contributed by atoms with Crippen LogP contribution in [-0.2, 0) is 0 Å². The van der Waals surface area contributed by atoms with Gasteiger partial charge in [0.25, 0.3) is 0 Å². The van der Waals surface area contributed by atoms with Crippen LogP contribution in [0.4, 0.5) is 4.39 Å². The fourth-order valence-corrected chi connectivity index (χ4v) is 1.07. The molecule has 0 spiro atoms. The lowest BCUT2D eigenvalue weighted by molar-refractivity contribution is 0.624. The molecule has 2 heterocycles. The first-order chi connectivity index (χ1) is 5.79. The molecule has 0 atom stereocenters. The largest absolute Gasteiger partial charge is 0.333 e. The maximum atomic E-state index is 12.6. The number of aromatic nitrogens is 2. The second-order valence-corrected chi connectivity index (χ2v) is 2.42. The first-order valence-electron chi connectivity index (χ1n) is 3.40.